The zero-order valence-electron chi connectivity index (χ0n) is 13.1. The van der Waals surface area contributed by atoms with E-state index in [4.69, 9.17) is 4.42 Å². The van der Waals surface area contributed by atoms with Gasteiger partial charge in [-0.3, -0.25) is 5.32 Å². The molecule has 0 aromatic carbocycles. The first-order chi connectivity index (χ1) is 11.2. The molecule has 2 aromatic heterocycles. The minimum absolute atomic E-state index is 0.0478. The fourth-order valence-electron chi connectivity index (χ4n) is 3.94. The molecular weight excluding hydrogens is 312 g/mol. The number of rotatable bonds is 2. The molecule has 1 aliphatic heterocycles. The summed E-state index contributed by atoms with van der Waals surface area (Å²) in [4.78, 5) is 14.6. The predicted octanol–water partition coefficient (Wildman–Crippen LogP) is 3.84. The fourth-order valence-corrected chi connectivity index (χ4v) is 4.64. The van der Waals surface area contributed by atoms with Crippen molar-refractivity contribution >= 4 is 22.5 Å². The number of nitrogens with zero attached hydrogens (tertiary/aromatic N) is 3. The third-order valence-electron chi connectivity index (χ3n) is 5.03. The molecule has 2 fully saturated rings. The number of likely N-dealkylation sites (tertiary alicyclic amines) is 1. The van der Waals surface area contributed by atoms with Gasteiger partial charge in [-0.25, -0.2) is 4.79 Å². The summed E-state index contributed by atoms with van der Waals surface area (Å²) in [5.41, 5.74) is 0. The molecule has 0 bridgehead atoms. The second-order valence-electron chi connectivity index (χ2n) is 6.47. The van der Waals surface area contributed by atoms with Crippen molar-refractivity contribution < 1.29 is 9.21 Å². The van der Waals surface area contributed by atoms with Crippen molar-refractivity contribution in [2.24, 2.45) is 11.8 Å². The van der Waals surface area contributed by atoms with E-state index in [-0.39, 0.29) is 6.03 Å². The van der Waals surface area contributed by atoms with Crippen LogP contribution in [0.5, 0.6) is 0 Å². The van der Waals surface area contributed by atoms with Gasteiger partial charge in [0.2, 0.25) is 5.13 Å². The number of hydrogen-bond acceptors (Lipinski definition) is 5. The van der Waals surface area contributed by atoms with Crippen LogP contribution in [0.25, 0.3) is 10.8 Å². The van der Waals surface area contributed by atoms with Crippen LogP contribution in [0.3, 0.4) is 0 Å². The van der Waals surface area contributed by atoms with Crippen molar-refractivity contribution in [3.8, 4) is 10.8 Å². The van der Waals surface area contributed by atoms with Crippen LogP contribution in [-0.4, -0.2) is 33.7 Å². The van der Waals surface area contributed by atoms with Crippen molar-refractivity contribution in [2.45, 2.75) is 38.6 Å². The van der Waals surface area contributed by atoms with Gasteiger partial charge in [0, 0.05) is 12.6 Å². The lowest BCUT2D eigenvalue weighted by Crippen LogP contribution is -2.41. The molecule has 0 radical (unpaired) electrons. The number of urea groups is 1. The third-order valence-corrected chi connectivity index (χ3v) is 5.88. The summed E-state index contributed by atoms with van der Waals surface area (Å²) < 4.78 is 5.31. The molecule has 3 unspecified atom stereocenters. The Labute approximate surface area is 138 Å². The van der Waals surface area contributed by atoms with E-state index in [2.05, 4.69) is 22.4 Å². The first kappa shape index (κ1) is 14.7. The molecule has 7 heteroatoms. The average molecular weight is 332 g/mol. The number of nitrogens with one attached hydrogen (secondary N) is 1. The Hall–Kier alpha value is -1.89. The summed E-state index contributed by atoms with van der Waals surface area (Å²) in [5, 5.41) is 12.2. The Morgan fingerprint density at radius 3 is 3.09 bits per heavy atom. The summed E-state index contributed by atoms with van der Waals surface area (Å²) in [7, 11) is 0. The minimum Gasteiger partial charge on any atom is -0.462 e. The molecule has 2 aliphatic rings. The molecule has 1 N–H and O–H groups in total. The highest BCUT2D eigenvalue weighted by Crippen LogP contribution is 2.40. The monoisotopic (exact) mass is 332 g/mol. The number of carbonyl (C=O) groups excluding carboxylic acids is 1. The lowest BCUT2D eigenvalue weighted by atomic mass is 9.80. The van der Waals surface area contributed by atoms with Crippen molar-refractivity contribution in [1.29, 1.82) is 0 Å². The van der Waals surface area contributed by atoms with Gasteiger partial charge in [-0.1, -0.05) is 31.1 Å². The molecule has 23 heavy (non-hydrogen) atoms. The van der Waals surface area contributed by atoms with Crippen molar-refractivity contribution in [3.63, 3.8) is 0 Å². The van der Waals surface area contributed by atoms with Gasteiger partial charge >= 0.3 is 6.03 Å². The Kier molecular flexibility index (Phi) is 3.80. The molecule has 2 amide bonds. The largest absolute Gasteiger partial charge is 0.462 e. The topological polar surface area (TPSA) is 71.3 Å². The van der Waals surface area contributed by atoms with Crippen molar-refractivity contribution in [1.82, 2.24) is 15.1 Å². The van der Waals surface area contributed by atoms with Gasteiger partial charge in [0.05, 0.1) is 6.26 Å². The first-order valence-electron chi connectivity index (χ1n) is 8.17. The molecule has 6 nitrogen and oxygen atoms in total. The number of fused-ring (bicyclic) bond motifs is 1. The SMILES string of the molecule is CC1CN(C(=O)Nc2nnc(-c3ccco3)s2)C2CCCCC12. The van der Waals surface area contributed by atoms with Gasteiger partial charge in [0.25, 0.3) is 0 Å². The summed E-state index contributed by atoms with van der Waals surface area (Å²) in [6.45, 7) is 3.10. The second-order valence-corrected chi connectivity index (χ2v) is 7.44. The molecule has 4 rings (SSSR count). The molecule has 1 saturated heterocycles. The molecule has 2 aromatic rings. The highest BCUT2D eigenvalue weighted by atomic mass is 32.1. The number of furan rings is 1. The average Bonchev–Trinajstić information content (AvgIpc) is 3.27. The van der Waals surface area contributed by atoms with Crippen LogP contribution in [0.1, 0.15) is 32.6 Å². The van der Waals surface area contributed by atoms with E-state index in [9.17, 15) is 4.79 Å². The number of anilines is 1. The highest BCUT2D eigenvalue weighted by molar-refractivity contribution is 7.18. The van der Waals surface area contributed by atoms with Gasteiger partial charge in [-0.15, -0.1) is 10.2 Å². The van der Waals surface area contributed by atoms with E-state index in [0.29, 0.717) is 33.8 Å². The lowest BCUT2D eigenvalue weighted by molar-refractivity contribution is 0.180. The van der Waals surface area contributed by atoms with E-state index >= 15 is 0 Å². The van der Waals surface area contributed by atoms with Crippen LogP contribution in [0, 0.1) is 11.8 Å². The Morgan fingerprint density at radius 2 is 2.26 bits per heavy atom. The minimum atomic E-state index is -0.0478. The molecule has 3 heterocycles. The number of aromatic nitrogens is 2. The van der Waals surface area contributed by atoms with Crippen LogP contribution in [0.4, 0.5) is 9.93 Å². The second kappa shape index (κ2) is 5.96. The zero-order chi connectivity index (χ0) is 15.8. The highest BCUT2D eigenvalue weighted by Gasteiger charge is 2.42. The maximum absolute atomic E-state index is 12.6. The van der Waals surface area contributed by atoms with E-state index < -0.39 is 0 Å². The number of amides is 2. The number of hydrogen-bond donors (Lipinski definition) is 1. The third kappa shape index (κ3) is 2.73. The van der Waals surface area contributed by atoms with Gasteiger partial charge in [0.15, 0.2) is 10.8 Å². The molecule has 1 saturated carbocycles. The standard InChI is InChI=1S/C16H20N4O2S/c1-10-9-20(12-6-3-2-5-11(10)12)16(21)17-15-19-18-14(23-15)13-7-4-8-22-13/h4,7-8,10-12H,2-3,5-6,9H2,1H3,(H,17,19,21). The van der Waals surface area contributed by atoms with Crippen molar-refractivity contribution in [2.75, 3.05) is 11.9 Å². The van der Waals surface area contributed by atoms with E-state index in [1.807, 2.05) is 17.0 Å². The fraction of sp³-hybridized carbons (Fsp3) is 0.562. The van der Waals surface area contributed by atoms with Crippen molar-refractivity contribution in [3.05, 3.63) is 18.4 Å². The normalized spacial score (nSPS) is 27.0. The maximum Gasteiger partial charge on any atom is 0.323 e. The van der Waals surface area contributed by atoms with Crippen LogP contribution >= 0.6 is 11.3 Å². The smallest absolute Gasteiger partial charge is 0.323 e. The van der Waals surface area contributed by atoms with Gasteiger partial charge in [-0.05, 0) is 36.8 Å². The zero-order valence-corrected chi connectivity index (χ0v) is 13.9. The van der Waals surface area contributed by atoms with E-state index in [0.717, 1.165) is 13.0 Å². The quantitative estimate of drug-likeness (QED) is 0.907. The maximum atomic E-state index is 12.6. The van der Waals surface area contributed by atoms with Crippen LogP contribution in [0.15, 0.2) is 22.8 Å². The van der Waals surface area contributed by atoms with Crippen LogP contribution < -0.4 is 5.32 Å². The first-order valence-corrected chi connectivity index (χ1v) is 8.99. The summed E-state index contributed by atoms with van der Waals surface area (Å²) in [6.07, 6.45) is 6.49. The Bertz CT molecular complexity index is 684. The molecule has 0 spiro atoms. The van der Waals surface area contributed by atoms with Gasteiger partial charge in [-0.2, -0.15) is 0 Å². The van der Waals surface area contributed by atoms with Gasteiger partial charge in [0.1, 0.15) is 0 Å². The van der Waals surface area contributed by atoms with Gasteiger partial charge < -0.3 is 9.32 Å². The Balaban J connectivity index is 1.46. The molecule has 3 atom stereocenters. The lowest BCUT2D eigenvalue weighted by Gasteiger charge is -2.31. The summed E-state index contributed by atoms with van der Waals surface area (Å²) in [5.74, 6) is 1.91. The van der Waals surface area contributed by atoms with E-state index in [1.165, 1.54) is 30.6 Å². The summed E-state index contributed by atoms with van der Waals surface area (Å²) >= 11 is 1.33. The Morgan fingerprint density at radius 1 is 1.39 bits per heavy atom. The predicted molar refractivity (Wildman–Crippen MR) is 88.2 cm³/mol. The molecule has 1 aliphatic carbocycles. The summed E-state index contributed by atoms with van der Waals surface area (Å²) in [6, 6.07) is 3.98. The van der Waals surface area contributed by atoms with Crippen LogP contribution in [-0.2, 0) is 0 Å². The molecule has 122 valence electrons. The molecular formula is C16H20N4O2S. The van der Waals surface area contributed by atoms with E-state index in [1.54, 1.807) is 6.26 Å². The number of carbonyl (C=O) groups is 1. The van der Waals surface area contributed by atoms with Crippen LogP contribution in [0.2, 0.25) is 0 Å².